The molecule has 8 heteroatoms. The van der Waals surface area contributed by atoms with Gasteiger partial charge in [-0.25, -0.2) is 4.79 Å². The molecule has 50 heavy (non-hydrogen) atoms. The number of ether oxygens (including phenoxy) is 3. The first-order chi connectivity index (χ1) is 24.1. The number of unbranched alkanes of at least 4 members (excludes halogenated alkanes) is 16. The Morgan fingerprint density at radius 1 is 0.600 bits per heavy atom. The third-order valence-corrected chi connectivity index (χ3v) is 8.80. The van der Waals surface area contributed by atoms with E-state index >= 15 is 0 Å². The molecule has 2 atom stereocenters. The van der Waals surface area contributed by atoms with Gasteiger partial charge in [-0.2, -0.15) is 0 Å². The largest absolute Gasteiger partial charge is 0.477 e. The molecule has 8 nitrogen and oxygen atoms in total. The fourth-order valence-corrected chi connectivity index (χ4v) is 5.63. The molecule has 0 aliphatic rings. The van der Waals surface area contributed by atoms with Crippen molar-refractivity contribution < 1.29 is 38.2 Å². The van der Waals surface area contributed by atoms with Crippen molar-refractivity contribution in [3.05, 3.63) is 36.5 Å². The number of rotatable bonds is 35. The minimum Gasteiger partial charge on any atom is -0.477 e. The predicted octanol–water partition coefficient (Wildman–Crippen LogP) is 10.3. The third kappa shape index (κ3) is 31.5. The van der Waals surface area contributed by atoms with E-state index in [0.29, 0.717) is 19.3 Å². The Morgan fingerprint density at radius 3 is 1.64 bits per heavy atom. The van der Waals surface area contributed by atoms with Crippen LogP contribution in [0.5, 0.6) is 0 Å². The fraction of sp³-hybridized carbons (Fsp3) is 0.786. The SMILES string of the molecule is CCCCC/C=C/C=C/CCCCCCCCCCCCC(=O)OCC(COCCC(C(=O)O)[N+](C)(C)C)OC(=O)CC/C=C/CCCCC. The topological polar surface area (TPSA) is 99.1 Å². The van der Waals surface area contributed by atoms with Crippen molar-refractivity contribution in [2.75, 3.05) is 41.0 Å². The maximum atomic E-state index is 12.5. The highest BCUT2D eigenvalue weighted by Crippen LogP contribution is 2.13. The Hall–Kier alpha value is -2.45. The highest BCUT2D eigenvalue weighted by molar-refractivity contribution is 5.72. The van der Waals surface area contributed by atoms with E-state index in [-0.39, 0.29) is 42.7 Å². The van der Waals surface area contributed by atoms with Gasteiger partial charge in [0.15, 0.2) is 12.1 Å². The van der Waals surface area contributed by atoms with Crippen LogP contribution < -0.4 is 0 Å². The minimum atomic E-state index is -0.882. The van der Waals surface area contributed by atoms with Gasteiger partial charge in [-0.1, -0.05) is 127 Å². The van der Waals surface area contributed by atoms with Crippen LogP contribution in [0.25, 0.3) is 0 Å². The van der Waals surface area contributed by atoms with Gasteiger partial charge in [-0.3, -0.25) is 9.59 Å². The number of hydrogen-bond donors (Lipinski definition) is 1. The van der Waals surface area contributed by atoms with Gasteiger partial charge < -0.3 is 23.8 Å². The summed E-state index contributed by atoms with van der Waals surface area (Å²) in [6, 6.07) is -0.617. The first-order valence-corrected chi connectivity index (χ1v) is 20.0. The lowest BCUT2D eigenvalue weighted by atomic mass is 10.1. The van der Waals surface area contributed by atoms with Gasteiger partial charge in [-0.15, -0.1) is 0 Å². The monoisotopic (exact) mass is 707 g/mol. The van der Waals surface area contributed by atoms with E-state index in [4.69, 9.17) is 14.2 Å². The van der Waals surface area contributed by atoms with E-state index in [1.54, 1.807) is 0 Å². The summed E-state index contributed by atoms with van der Waals surface area (Å²) in [6.07, 6.45) is 36.5. The average molecular weight is 707 g/mol. The van der Waals surface area contributed by atoms with E-state index in [1.807, 2.05) is 27.2 Å². The number of likely N-dealkylation sites (N-methyl/N-ethyl adjacent to an activating group) is 1. The molecule has 0 bridgehead atoms. The van der Waals surface area contributed by atoms with Gasteiger partial charge in [0.1, 0.15) is 6.61 Å². The number of esters is 2. The Balaban J connectivity index is 4.25. The number of aliphatic carboxylic acids is 1. The average Bonchev–Trinajstić information content (AvgIpc) is 3.06. The van der Waals surface area contributed by atoms with Crippen LogP contribution in [-0.4, -0.2) is 80.6 Å². The van der Waals surface area contributed by atoms with Crippen molar-refractivity contribution in [3.8, 4) is 0 Å². The Morgan fingerprint density at radius 2 is 1.10 bits per heavy atom. The zero-order valence-electron chi connectivity index (χ0n) is 32.8. The molecule has 0 heterocycles. The van der Waals surface area contributed by atoms with Crippen LogP contribution in [-0.2, 0) is 28.6 Å². The standard InChI is InChI=1S/C42H75NO7/c1-6-8-10-12-14-15-16-17-18-19-20-21-22-23-24-25-27-28-30-32-40(44)49-37-38(36-48-35-34-39(42(46)47)43(3,4)5)50-41(45)33-31-29-26-13-11-9-7-2/h14-17,26,29,38-39H,6-13,18-25,27-28,30-37H2,1-5H3/p+1/b15-14+,17-16+,29-26+. The van der Waals surface area contributed by atoms with Gasteiger partial charge in [0, 0.05) is 19.3 Å². The van der Waals surface area contributed by atoms with Crippen LogP contribution in [0, 0.1) is 0 Å². The molecule has 0 radical (unpaired) electrons. The minimum absolute atomic E-state index is 0.0449. The van der Waals surface area contributed by atoms with Crippen molar-refractivity contribution in [2.24, 2.45) is 0 Å². The van der Waals surface area contributed by atoms with Crippen LogP contribution >= 0.6 is 0 Å². The Bertz CT molecular complexity index is 922. The molecule has 0 amide bonds. The summed E-state index contributed by atoms with van der Waals surface area (Å²) in [5.74, 6) is -1.54. The molecule has 2 unspecified atom stereocenters. The zero-order valence-corrected chi connectivity index (χ0v) is 32.8. The summed E-state index contributed by atoms with van der Waals surface area (Å²) in [7, 11) is 5.50. The number of allylic oxidation sites excluding steroid dienone is 6. The molecule has 0 aliphatic heterocycles. The smallest absolute Gasteiger partial charge is 0.362 e. The lowest BCUT2D eigenvalue weighted by Gasteiger charge is -2.31. The molecular weight excluding hydrogens is 630 g/mol. The van der Waals surface area contributed by atoms with Crippen molar-refractivity contribution in [2.45, 2.75) is 174 Å². The number of carboxylic acid groups (broad SMARTS) is 1. The fourth-order valence-electron chi connectivity index (χ4n) is 5.63. The number of carbonyl (C=O) groups is 3. The predicted molar refractivity (Wildman–Crippen MR) is 206 cm³/mol. The second kappa shape index (κ2) is 33.7. The lowest BCUT2D eigenvalue weighted by Crippen LogP contribution is -2.50. The first-order valence-electron chi connectivity index (χ1n) is 20.0. The van der Waals surface area contributed by atoms with E-state index < -0.39 is 18.1 Å². The number of nitrogens with zero attached hydrogens (tertiary/aromatic N) is 1. The number of hydrogen-bond acceptors (Lipinski definition) is 6. The van der Waals surface area contributed by atoms with Crippen LogP contribution in [0.1, 0.15) is 162 Å². The summed E-state index contributed by atoms with van der Waals surface area (Å²) in [5.41, 5.74) is 0. The van der Waals surface area contributed by atoms with Crippen molar-refractivity contribution in [3.63, 3.8) is 0 Å². The quantitative estimate of drug-likeness (QED) is 0.0230. The molecule has 0 saturated carbocycles. The Labute approximate surface area is 306 Å². The van der Waals surface area contributed by atoms with E-state index in [0.717, 1.165) is 32.1 Å². The van der Waals surface area contributed by atoms with Gasteiger partial charge in [0.25, 0.3) is 0 Å². The summed E-state index contributed by atoms with van der Waals surface area (Å²) in [6.45, 7) is 4.59. The van der Waals surface area contributed by atoms with Gasteiger partial charge in [-0.05, 0) is 51.4 Å². The summed E-state index contributed by atoms with van der Waals surface area (Å²) in [5, 5.41) is 9.56. The zero-order chi connectivity index (χ0) is 37.1. The molecule has 0 aliphatic carbocycles. The summed E-state index contributed by atoms with van der Waals surface area (Å²) < 4.78 is 17.1. The second-order valence-electron chi connectivity index (χ2n) is 14.6. The molecule has 1 N–H and O–H groups in total. The van der Waals surface area contributed by atoms with E-state index in [2.05, 4.69) is 44.2 Å². The van der Waals surface area contributed by atoms with Gasteiger partial charge in [0.05, 0.1) is 34.4 Å². The third-order valence-electron chi connectivity index (χ3n) is 8.80. The molecule has 0 saturated heterocycles. The van der Waals surface area contributed by atoms with Crippen molar-refractivity contribution in [1.29, 1.82) is 0 Å². The number of carboxylic acids is 1. The highest BCUT2D eigenvalue weighted by atomic mass is 16.6. The highest BCUT2D eigenvalue weighted by Gasteiger charge is 2.31. The van der Waals surface area contributed by atoms with Crippen LogP contribution in [0.15, 0.2) is 36.5 Å². The maximum Gasteiger partial charge on any atom is 0.362 e. The Kier molecular flexibility index (Phi) is 32.0. The number of quaternary nitrogens is 1. The molecular formula is C42H76NO7+. The maximum absolute atomic E-state index is 12.5. The molecule has 0 aromatic rings. The van der Waals surface area contributed by atoms with Crippen LogP contribution in [0.3, 0.4) is 0 Å². The van der Waals surface area contributed by atoms with Crippen LogP contribution in [0.2, 0.25) is 0 Å². The lowest BCUT2D eigenvalue weighted by molar-refractivity contribution is -0.887. The second-order valence-corrected chi connectivity index (χ2v) is 14.6. The summed E-state index contributed by atoms with van der Waals surface area (Å²) in [4.78, 5) is 36.6. The van der Waals surface area contributed by atoms with Crippen molar-refractivity contribution >= 4 is 17.9 Å². The van der Waals surface area contributed by atoms with Crippen molar-refractivity contribution in [1.82, 2.24) is 0 Å². The molecule has 0 spiro atoms. The van der Waals surface area contributed by atoms with E-state index in [1.165, 1.54) is 89.9 Å². The van der Waals surface area contributed by atoms with Gasteiger partial charge in [0.2, 0.25) is 0 Å². The van der Waals surface area contributed by atoms with Crippen LogP contribution in [0.4, 0.5) is 0 Å². The normalized spacial score (nSPS) is 13.4. The molecule has 290 valence electrons. The summed E-state index contributed by atoms with van der Waals surface area (Å²) >= 11 is 0. The molecule has 0 fully saturated rings. The molecule has 0 aromatic carbocycles. The molecule has 0 aromatic heterocycles. The first kappa shape index (κ1) is 47.5. The molecule has 0 rings (SSSR count). The van der Waals surface area contributed by atoms with Gasteiger partial charge >= 0.3 is 17.9 Å². The number of carbonyl (C=O) groups excluding carboxylic acids is 2. The van der Waals surface area contributed by atoms with E-state index in [9.17, 15) is 19.5 Å².